The number of quaternary nitrogens is 1. The van der Waals surface area contributed by atoms with Crippen molar-refractivity contribution in [2.45, 2.75) is 59.3 Å². The Hall–Kier alpha value is -1.57. The van der Waals surface area contributed by atoms with Gasteiger partial charge in [0.1, 0.15) is 11.7 Å². The van der Waals surface area contributed by atoms with Gasteiger partial charge in [-0.25, -0.2) is 4.79 Å². The summed E-state index contributed by atoms with van der Waals surface area (Å²) in [5.74, 6) is 2.90. The molecule has 0 radical (unpaired) electrons. The highest BCUT2D eigenvalue weighted by atomic mass is 16.5. The predicted molar refractivity (Wildman–Crippen MR) is 111 cm³/mol. The third-order valence-corrected chi connectivity index (χ3v) is 5.67. The summed E-state index contributed by atoms with van der Waals surface area (Å²) in [6.45, 7) is 11.6. The number of hydrogen-bond donors (Lipinski definition) is 0. The molecule has 1 atom stereocenters. The lowest BCUT2D eigenvalue weighted by atomic mass is 9.92. The fourth-order valence-corrected chi connectivity index (χ4v) is 3.54. The molecule has 0 aromatic carbocycles. The largest absolute Gasteiger partial charge is 0.497 e. The summed E-state index contributed by atoms with van der Waals surface area (Å²) in [5.41, 5.74) is 0.677. The molecule has 146 valence electrons. The third kappa shape index (κ3) is 7.35. The summed E-state index contributed by atoms with van der Waals surface area (Å²) in [7, 11) is 1.62. The number of ether oxygens (including phenoxy) is 1. The first kappa shape index (κ1) is 22.5. The van der Waals surface area contributed by atoms with Crippen LogP contribution in [-0.2, 0) is 9.53 Å². The summed E-state index contributed by atoms with van der Waals surface area (Å²) >= 11 is 0. The normalized spacial score (nSPS) is 17.5. The number of carbonyl (C=O) groups excluding carboxylic acids is 1. The van der Waals surface area contributed by atoms with Crippen LogP contribution in [0.2, 0.25) is 0 Å². The van der Waals surface area contributed by atoms with E-state index in [1.807, 2.05) is 12.2 Å². The zero-order chi connectivity index (χ0) is 19.3. The van der Waals surface area contributed by atoms with Crippen molar-refractivity contribution < 1.29 is 14.0 Å². The van der Waals surface area contributed by atoms with E-state index in [9.17, 15) is 4.79 Å². The average molecular weight is 361 g/mol. The van der Waals surface area contributed by atoms with Crippen LogP contribution >= 0.6 is 0 Å². The highest BCUT2D eigenvalue weighted by Gasteiger charge is 2.21. The molecule has 0 N–H and O–H groups in total. The predicted octanol–water partition coefficient (Wildman–Crippen LogP) is 5.23. The smallest absolute Gasteiger partial charge is 0.128 e. The lowest BCUT2D eigenvalue weighted by molar-refractivity contribution is -0.919. The molecule has 0 saturated carbocycles. The molecule has 0 saturated heterocycles. The van der Waals surface area contributed by atoms with E-state index in [1.54, 1.807) is 13.2 Å². The van der Waals surface area contributed by atoms with Crippen molar-refractivity contribution in [2.24, 2.45) is 5.92 Å². The first-order chi connectivity index (χ1) is 12.6. The van der Waals surface area contributed by atoms with E-state index in [1.165, 1.54) is 51.7 Å². The Labute approximate surface area is 160 Å². The lowest BCUT2D eigenvalue weighted by Crippen LogP contribution is -2.48. The summed E-state index contributed by atoms with van der Waals surface area (Å²) in [4.78, 5) is 11.2. The number of allylic oxidation sites excluding steroid dienone is 5. The summed E-state index contributed by atoms with van der Waals surface area (Å²) in [5, 5.41) is 0. The van der Waals surface area contributed by atoms with Crippen molar-refractivity contribution in [2.75, 3.05) is 33.3 Å². The van der Waals surface area contributed by atoms with E-state index in [0.29, 0.717) is 5.57 Å². The molecular weight excluding hydrogens is 322 g/mol. The van der Waals surface area contributed by atoms with E-state index >= 15 is 0 Å². The van der Waals surface area contributed by atoms with Crippen molar-refractivity contribution in [3.05, 3.63) is 41.7 Å². The van der Waals surface area contributed by atoms with Crippen LogP contribution in [0.5, 0.6) is 0 Å². The third-order valence-electron chi connectivity index (χ3n) is 5.67. The minimum Gasteiger partial charge on any atom is -0.497 e. The Bertz CT molecular complexity index is 534. The van der Waals surface area contributed by atoms with Crippen LogP contribution in [0, 0.1) is 5.92 Å². The van der Waals surface area contributed by atoms with E-state index in [4.69, 9.17) is 4.74 Å². The maximum Gasteiger partial charge on any atom is 0.128 e. The molecule has 0 aromatic heterocycles. The summed E-state index contributed by atoms with van der Waals surface area (Å²) < 4.78 is 6.35. The van der Waals surface area contributed by atoms with Gasteiger partial charge >= 0.3 is 0 Å². The first-order valence-corrected chi connectivity index (χ1v) is 10.3. The number of likely N-dealkylation sites (N-methyl/N-ethyl adjacent to an activating group) is 1. The molecular formula is C23H38NO2+. The lowest BCUT2D eigenvalue weighted by Gasteiger charge is -2.36. The van der Waals surface area contributed by atoms with E-state index < -0.39 is 0 Å². The molecule has 1 rings (SSSR count). The molecule has 1 unspecified atom stereocenters. The maximum atomic E-state index is 11.2. The second-order valence-electron chi connectivity index (χ2n) is 7.28. The minimum atomic E-state index is 0.113. The number of nitrogens with zero attached hydrogens (tertiary/aromatic N) is 1. The van der Waals surface area contributed by atoms with Gasteiger partial charge in [0.05, 0.1) is 33.3 Å². The van der Waals surface area contributed by atoms with Crippen LogP contribution in [0.25, 0.3) is 0 Å². The standard InChI is InChI=1S/C23H38NO2/c1-5-8-9-10-12-17-24(6-2,7-3)18-13-11-14-21-15-16-23(26-4)19-22(21)20-25/h11,13,15-16,19,21H,5-10,12,14,17-18H2,1-4H3/q+1. The van der Waals surface area contributed by atoms with E-state index in [0.717, 1.165) is 23.2 Å². The van der Waals surface area contributed by atoms with Gasteiger partial charge in [0.15, 0.2) is 0 Å². The Morgan fingerprint density at radius 2 is 1.85 bits per heavy atom. The molecule has 3 nitrogen and oxygen atoms in total. The van der Waals surface area contributed by atoms with Gasteiger partial charge in [0.25, 0.3) is 0 Å². The topological polar surface area (TPSA) is 26.3 Å². The summed E-state index contributed by atoms with van der Waals surface area (Å²) in [6, 6.07) is 0. The molecule has 0 bridgehead atoms. The van der Waals surface area contributed by atoms with E-state index in [2.05, 4.69) is 38.9 Å². The first-order valence-electron chi connectivity index (χ1n) is 10.3. The Morgan fingerprint density at radius 3 is 2.46 bits per heavy atom. The van der Waals surface area contributed by atoms with Gasteiger partial charge in [-0.15, -0.1) is 0 Å². The highest BCUT2D eigenvalue weighted by molar-refractivity contribution is 5.61. The van der Waals surface area contributed by atoms with Gasteiger partial charge in [-0.2, -0.15) is 0 Å². The Kier molecular flexibility index (Phi) is 11.0. The van der Waals surface area contributed by atoms with Crippen LogP contribution in [0.3, 0.4) is 0 Å². The molecule has 1 aliphatic carbocycles. The van der Waals surface area contributed by atoms with Crippen LogP contribution < -0.4 is 0 Å². The van der Waals surface area contributed by atoms with Crippen LogP contribution in [-0.4, -0.2) is 43.7 Å². The van der Waals surface area contributed by atoms with Crippen molar-refractivity contribution in [3.8, 4) is 0 Å². The molecule has 0 aromatic rings. The minimum absolute atomic E-state index is 0.113. The van der Waals surface area contributed by atoms with Crippen molar-refractivity contribution in [1.82, 2.24) is 0 Å². The molecule has 0 amide bonds. The van der Waals surface area contributed by atoms with Crippen LogP contribution in [0.4, 0.5) is 0 Å². The van der Waals surface area contributed by atoms with Gasteiger partial charge in [0, 0.05) is 11.5 Å². The second kappa shape index (κ2) is 12.7. The molecule has 0 spiro atoms. The highest BCUT2D eigenvalue weighted by Crippen LogP contribution is 2.24. The maximum absolute atomic E-state index is 11.2. The zero-order valence-electron chi connectivity index (χ0n) is 17.3. The Balaban J connectivity index is 2.51. The van der Waals surface area contributed by atoms with Crippen molar-refractivity contribution in [1.29, 1.82) is 0 Å². The van der Waals surface area contributed by atoms with Crippen LogP contribution in [0.15, 0.2) is 41.7 Å². The van der Waals surface area contributed by atoms with Crippen LogP contribution in [0.1, 0.15) is 59.3 Å². The quantitative estimate of drug-likeness (QED) is 0.194. The van der Waals surface area contributed by atoms with Gasteiger partial charge in [0.2, 0.25) is 0 Å². The molecule has 0 heterocycles. The molecule has 0 aliphatic heterocycles. The average Bonchev–Trinajstić information content (AvgIpc) is 2.69. The number of unbranched alkanes of at least 4 members (excludes halogenated alkanes) is 4. The number of rotatable bonds is 13. The second-order valence-corrected chi connectivity index (χ2v) is 7.28. The zero-order valence-corrected chi connectivity index (χ0v) is 17.3. The SMILES string of the molecule is CCCCCCC[N+](CC)(CC)CC=CCC1C=CC(OC)=CC1=C=O. The number of methoxy groups -OCH3 is 1. The van der Waals surface area contributed by atoms with Gasteiger partial charge in [-0.3, -0.25) is 0 Å². The molecule has 3 heteroatoms. The number of hydrogen-bond acceptors (Lipinski definition) is 2. The fraction of sp³-hybridized carbons (Fsp3) is 0.652. The fourth-order valence-electron chi connectivity index (χ4n) is 3.54. The van der Waals surface area contributed by atoms with Gasteiger partial charge in [-0.1, -0.05) is 38.3 Å². The monoisotopic (exact) mass is 360 g/mol. The van der Waals surface area contributed by atoms with Gasteiger partial charge < -0.3 is 9.22 Å². The Morgan fingerprint density at radius 1 is 1.12 bits per heavy atom. The molecule has 26 heavy (non-hydrogen) atoms. The van der Waals surface area contributed by atoms with Crippen molar-refractivity contribution >= 4 is 5.94 Å². The van der Waals surface area contributed by atoms with Crippen molar-refractivity contribution in [3.63, 3.8) is 0 Å². The molecule has 1 aliphatic rings. The molecule has 0 fully saturated rings. The van der Waals surface area contributed by atoms with Gasteiger partial charge in [-0.05, 0) is 51.3 Å². The van der Waals surface area contributed by atoms with E-state index in [-0.39, 0.29) is 5.92 Å². The summed E-state index contributed by atoms with van der Waals surface area (Å²) in [6.07, 6.45) is 17.9.